The zero-order valence-corrected chi connectivity index (χ0v) is 16.6. The minimum atomic E-state index is -4.53. The van der Waals surface area contributed by atoms with Crippen LogP contribution in [0, 0.1) is 0 Å². The molecule has 7 heteroatoms. The topological polar surface area (TPSA) is 32.3 Å². The number of hydrogen-bond acceptors (Lipinski definition) is 2. The van der Waals surface area contributed by atoms with Gasteiger partial charge in [0.05, 0.1) is 27.5 Å². The molecule has 3 nitrogen and oxygen atoms in total. The lowest BCUT2D eigenvalue weighted by Crippen LogP contribution is -2.26. The van der Waals surface area contributed by atoms with Crippen molar-refractivity contribution >= 4 is 34.6 Å². The summed E-state index contributed by atoms with van der Waals surface area (Å²) in [4.78, 5) is 14.7. The Morgan fingerprint density at radius 3 is 2.47 bits per heavy atom. The molecule has 0 unspecified atom stereocenters. The Bertz CT molecular complexity index is 1100. The van der Waals surface area contributed by atoms with Gasteiger partial charge in [0.15, 0.2) is 0 Å². The first-order chi connectivity index (χ1) is 14.3. The second kappa shape index (κ2) is 8.03. The number of rotatable bonds is 3. The number of alkyl halides is 3. The SMILES string of the molecule is O=C(Nc1cc(C(F)(F)F)ccc1N1CCCc2ccccc21)c1ccccc1Cl. The molecule has 0 spiro atoms. The van der Waals surface area contributed by atoms with E-state index in [0.717, 1.165) is 36.2 Å². The first-order valence-corrected chi connectivity index (χ1v) is 9.85. The molecule has 0 aliphatic carbocycles. The van der Waals surface area contributed by atoms with E-state index < -0.39 is 17.6 Å². The molecule has 0 aromatic heterocycles. The number of nitrogens with one attached hydrogen (secondary N) is 1. The maximum Gasteiger partial charge on any atom is 0.416 e. The first-order valence-electron chi connectivity index (χ1n) is 9.47. The fourth-order valence-corrected chi connectivity index (χ4v) is 3.89. The number of para-hydroxylation sites is 1. The van der Waals surface area contributed by atoms with E-state index in [1.807, 2.05) is 29.2 Å². The van der Waals surface area contributed by atoms with Crippen LogP contribution in [0.3, 0.4) is 0 Å². The highest BCUT2D eigenvalue weighted by Gasteiger charge is 2.32. The summed E-state index contributed by atoms with van der Waals surface area (Å²) in [5, 5.41) is 2.87. The van der Waals surface area contributed by atoms with Crippen LogP contribution in [0.5, 0.6) is 0 Å². The maximum atomic E-state index is 13.4. The highest BCUT2D eigenvalue weighted by atomic mass is 35.5. The Balaban J connectivity index is 1.78. The van der Waals surface area contributed by atoms with Gasteiger partial charge in [-0.2, -0.15) is 13.2 Å². The van der Waals surface area contributed by atoms with Gasteiger partial charge < -0.3 is 10.2 Å². The molecule has 0 radical (unpaired) electrons. The van der Waals surface area contributed by atoms with Gasteiger partial charge in [0.2, 0.25) is 0 Å². The minimum absolute atomic E-state index is 0.0893. The molecule has 0 bridgehead atoms. The summed E-state index contributed by atoms with van der Waals surface area (Å²) in [6.45, 7) is 0.636. The molecule has 1 amide bonds. The van der Waals surface area contributed by atoms with Crippen LogP contribution in [-0.4, -0.2) is 12.5 Å². The standard InChI is InChI=1S/C23H18ClF3N2O/c24-18-9-3-2-8-17(18)22(30)28-19-14-16(23(25,26)27)11-12-21(19)29-13-5-7-15-6-1-4-10-20(15)29/h1-4,6,8-12,14H,5,7,13H2,(H,28,30). The zero-order valence-electron chi connectivity index (χ0n) is 15.8. The van der Waals surface area contributed by atoms with E-state index in [2.05, 4.69) is 5.32 Å². The Hall–Kier alpha value is -2.99. The van der Waals surface area contributed by atoms with Crippen LogP contribution in [0.15, 0.2) is 66.7 Å². The lowest BCUT2D eigenvalue weighted by molar-refractivity contribution is -0.137. The summed E-state index contributed by atoms with van der Waals surface area (Å²) in [6, 6.07) is 17.6. The molecule has 4 rings (SSSR count). The number of anilines is 3. The summed E-state index contributed by atoms with van der Waals surface area (Å²) >= 11 is 6.09. The number of carbonyl (C=O) groups excluding carboxylic acids is 1. The Labute approximate surface area is 177 Å². The number of amides is 1. The molecule has 3 aromatic rings. The van der Waals surface area contributed by atoms with Crippen LogP contribution < -0.4 is 10.2 Å². The Morgan fingerprint density at radius 2 is 1.70 bits per heavy atom. The second-order valence-corrected chi connectivity index (χ2v) is 7.45. The van der Waals surface area contributed by atoms with Gasteiger partial charge in [-0.3, -0.25) is 4.79 Å². The predicted molar refractivity (Wildman–Crippen MR) is 113 cm³/mol. The molecule has 3 aromatic carbocycles. The van der Waals surface area contributed by atoms with E-state index in [9.17, 15) is 18.0 Å². The minimum Gasteiger partial charge on any atom is -0.340 e. The fraction of sp³-hybridized carbons (Fsp3) is 0.174. The monoisotopic (exact) mass is 430 g/mol. The van der Waals surface area contributed by atoms with Crippen molar-refractivity contribution in [1.82, 2.24) is 0 Å². The second-order valence-electron chi connectivity index (χ2n) is 7.05. The molecule has 1 aliphatic heterocycles. The van der Waals surface area contributed by atoms with Gasteiger partial charge in [-0.25, -0.2) is 0 Å². The van der Waals surface area contributed by atoms with Crippen molar-refractivity contribution in [2.75, 3.05) is 16.8 Å². The van der Waals surface area contributed by atoms with Crippen LogP contribution >= 0.6 is 11.6 Å². The van der Waals surface area contributed by atoms with E-state index in [1.165, 1.54) is 12.1 Å². The number of halogens is 4. The lowest BCUT2D eigenvalue weighted by Gasteiger charge is -2.33. The number of benzene rings is 3. The Kier molecular flexibility index (Phi) is 5.43. The van der Waals surface area contributed by atoms with Gasteiger partial charge in [0.25, 0.3) is 5.91 Å². The third-order valence-corrected chi connectivity index (χ3v) is 5.42. The molecule has 154 valence electrons. The van der Waals surface area contributed by atoms with Crippen LogP contribution in [0.4, 0.5) is 30.2 Å². The Morgan fingerprint density at radius 1 is 0.967 bits per heavy atom. The van der Waals surface area contributed by atoms with E-state index in [0.29, 0.717) is 12.2 Å². The smallest absolute Gasteiger partial charge is 0.340 e. The molecule has 30 heavy (non-hydrogen) atoms. The van der Waals surface area contributed by atoms with Crippen LogP contribution in [0.2, 0.25) is 5.02 Å². The first kappa shape index (κ1) is 20.3. The van der Waals surface area contributed by atoms with Crippen molar-refractivity contribution in [1.29, 1.82) is 0 Å². The zero-order chi connectivity index (χ0) is 21.3. The van der Waals surface area contributed by atoms with Gasteiger partial charge >= 0.3 is 6.18 Å². The summed E-state index contributed by atoms with van der Waals surface area (Å²) < 4.78 is 40.1. The molecule has 1 N–H and O–H groups in total. The molecule has 0 atom stereocenters. The van der Waals surface area contributed by atoms with Crippen LogP contribution in [0.1, 0.15) is 27.9 Å². The number of carbonyl (C=O) groups is 1. The average molecular weight is 431 g/mol. The van der Waals surface area contributed by atoms with Crippen molar-refractivity contribution in [3.05, 3.63) is 88.4 Å². The molecule has 0 saturated carbocycles. The largest absolute Gasteiger partial charge is 0.416 e. The number of nitrogens with zero attached hydrogens (tertiary/aromatic N) is 1. The van der Waals surface area contributed by atoms with Gasteiger partial charge in [-0.1, -0.05) is 41.9 Å². The molecule has 1 aliphatic rings. The van der Waals surface area contributed by atoms with Crippen molar-refractivity contribution in [3.63, 3.8) is 0 Å². The van der Waals surface area contributed by atoms with Gasteiger partial charge in [-0.15, -0.1) is 0 Å². The van der Waals surface area contributed by atoms with Gasteiger partial charge in [0.1, 0.15) is 0 Å². The maximum absolute atomic E-state index is 13.4. The number of fused-ring (bicyclic) bond motifs is 1. The van der Waals surface area contributed by atoms with E-state index in [4.69, 9.17) is 11.6 Å². The highest BCUT2D eigenvalue weighted by Crippen LogP contribution is 2.40. The third kappa shape index (κ3) is 4.00. The lowest BCUT2D eigenvalue weighted by atomic mass is 10.0. The fourth-order valence-electron chi connectivity index (χ4n) is 3.67. The molecule has 0 saturated heterocycles. The van der Waals surface area contributed by atoms with E-state index >= 15 is 0 Å². The van der Waals surface area contributed by atoms with Gasteiger partial charge in [0, 0.05) is 12.2 Å². The third-order valence-electron chi connectivity index (χ3n) is 5.09. The predicted octanol–water partition coefficient (Wildman–Crippen LogP) is 6.70. The van der Waals surface area contributed by atoms with E-state index in [-0.39, 0.29) is 16.3 Å². The van der Waals surface area contributed by atoms with Crippen molar-refractivity contribution in [2.45, 2.75) is 19.0 Å². The van der Waals surface area contributed by atoms with Crippen LogP contribution in [-0.2, 0) is 12.6 Å². The van der Waals surface area contributed by atoms with Gasteiger partial charge in [-0.05, 0) is 54.8 Å². The number of aryl methyl sites for hydroxylation is 1. The summed E-state index contributed by atoms with van der Waals surface area (Å²) in [5.74, 6) is -0.563. The van der Waals surface area contributed by atoms with Crippen molar-refractivity contribution in [3.8, 4) is 0 Å². The summed E-state index contributed by atoms with van der Waals surface area (Å²) in [7, 11) is 0. The van der Waals surface area contributed by atoms with Crippen molar-refractivity contribution < 1.29 is 18.0 Å². The average Bonchev–Trinajstić information content (AvgIpc) is 2.73. The highest BCUT2D eigenvalue weighted by molar-refractivity contribution is 6.34. The van der Waals surface area contributed by atoms with Crippen LogP contribution in [0.25, 0.3) is 0 Å². The summed E-state index contributed by atoms with van der Waals surface area (Å²) in [6.07, 6.45) is -2.77. The quantitative estimate of drug-likeness (QED) is 0.501. The van der Waals surface area contributed by atoms with E-state index in [1.54, 1.807) is 18.2 Å². The number of hydrogen-bond donors (Lipinski definition) is 1. The summed E-state index contributed by atoms with van der Waals surface area (Å²) in [5.41, 5.74) is 2.01. The normalized spacial score (nSPS) is 13.7. The molecule has 1 heterocycles. The molecular formula is C23H18ClF3N2O. The molecule has 0 fully saturated rings. The van der Waals surface area contributed by atoms with Crippen molar-refractivity contribution in [2.24, 2.45) is 0 Å². The molecular weight excluding hydrogens is 413 g/mol.